The molecule has 138 valence electrons. The minimum absolute atomic E-state index is 0.0660. The molecule has 0 unspecified atom stereocenters. The molecule has 1 aromatic carbocycles. The van der Waals surface area contributed by atoms with Crippen molar-refractivity contribution >= 4 is 5.71 Å². The maximum Gasteiger partial charge on any atom is 0.205 e. The maximum absolute atomic E-state index is 9.33. The van der Waals surface area contributed by atoms with Gasteiger partial charge in [-0.15, -0.1) is 0 Å². The molecule has 0 N–H and O–H groups in total. The van der Waals surface area contributed by atoms with E-state index in [1.54, 1.807) is 0 Å². The van der Waals surface area contributed by atoms with E-state index in [-0.39, 0.29) is 5.41 Å². The Bertz CT molecular complexity index is 716. The minimum atomic E-state index is 0.0660. The first-order valence-corrected chi connectivity index (χ1v) is 10.4. The van der Waals surface area contributed by atoms with E-state index in [0.29, 0.717) is 6.10 Å². The van der Waals surface area contributed by atoms with Gasteiger partial charge in [0.2, 0.25) is 6.19 Å². The molecule has 1 spiro atoms. The number of methoxy groups -OCH3 is 1. The van der Waals surface area contributed by atoms with Gasteiger partial charge in [-0.05, 0) is 61.6 Å². The number of aliphatic imine (C=N–C) groups is 1. The molecule has 0 bridgehead atoms. The lowest BCUT2D eigenvalue weighted by atomic mass is 9.70. The number of fused-ring (bicyclic) bond motifs is 1. The van der Waals surface area contributed by atoms with E-state index in [9.17, 15) is 5.26 Å². The molecule has 3 aliphatic carbocycles. The Balaban J connectivity index is 1.58. The Morgan fingerprint density at radius 1 is 1.15 bits per heavy atom. The maximum atomic E-state index is 9.33. The van der Waals surface area contributed by atoms with E-state index in [2.05, 4.69) is 29.4 Å². The molecule has 3 nitrogen and oxygen atoms in total. The molecule has 0 aliphatic heterocycles. The SMILES string of the molecule is CO[C@H]1CC[C@]2(CC1)Cc1ccc(CC3CCCCC3)cc1/C2=N\C#N. The standard InChI is InChI=1S/C23H30N2O/c1-26-20-9-11-23(12-10-20)15-19-8-7-18(13-17-5-3-2-4-6-17)14-21(19)22(23)25-16-24/h7-8,14,17,20H,2-6,9-13,15H2,1H3/b25-22+/t20-,23-. The highest BCUT2D eigenvalue weighted by Gasteiger charge is 2.45. The number of hydrogen-bond donors (Lipinski definition) is 0. The van der Waals surface area contributed by atoms with Crippen molar-refractivity contribution in [3.8, 4) is 6.19 Å². The van der Waals surface area contributed by atoms with Gasteiger partial charge in [0.1, 0.15) is 0 Å². The average Bonchev–Trinajstić information content (AvgIpc) is 2.96. The number of nitriles is 1. The van der Waals surface area contributed by atoms with Gasteiger partial charge in [-0.1, -0.05) is 44.2 Å². The molecule has 4 rings (SSSR count). The summed E-state index contributed by atoms with van der Waals surface area (Å²) in [6.45, 7) is 0. The Morgan fingerprint density at radius 2 is 1.92 bits per heavy atom. The molecule has 3 aliphatic rings. The summed E-state index contributed by atoms with van der Waals surface area (Å²) in [6.07, 6.45) is 15.9. The predicted octanol–water partition coefficient (Wildman–Crippen LogP) is 5.21. The highest BCUT2D eigenvalue weighted by Crippen LogP contribution is 2.48. The second-order valence-electron chi connectivity index (χ2n) is 8.65. The van der Waals surface area contributed by atoms with Gasteiger partial charge in [-0.3, -0.25) is 0 Å². The lowest BCUT2D eigenvalue weighted by molar-refractivity contribution is 0.0468. The van der Waals surface area contributed by atoms with Crippen molar-refractivity contribution in [1.82, 2.24) is 0 Å². The van der Waals surface area contributed by atoms with Gasteiger partial charge in [0.15, 0.2) is 0 Å². The summed E-state index contributed by atoms with van der Waals surface area (Å²) < 4.78 is 5.56. The summed E-state index contributed by atoms with van der Waals surface area (Å²) in [6, 6.07) is 7.01. The van der Waals surface area contributed by atoms with Crippen LogP contribution >= 0.6 is 0 Å². The molecule has 0 atom stereocenters. The average molecular weight is 351 g/mol. The first-order valence-electron chi connectivity index (χ1n) is 10.4. The molecule has 2 fully saturated rings. The van der Waals surface area contributed by atoms with Crippen LogP contribution in [0.3, 0.4) is 0 Å². The predicted molar refractivity (Wildman–Crippen MR) is 104 cm³/mol. The third-order valence-corrected chi connectivity index (χ3v) is 7.09. The van der Waals surface area contributed by atoms with Crippen molar-refractivity contribution in [2.75, 3.05) is 7.11 Å². The number of ether oxygens (including phenoxy) is 1. The highest BCUT2D eigenvalue weighted by molar-refractivity contribution is 6.09. The summed E-state index contributed by atoms with van der Waals surface area (Å²) in [5.74, 6) is 0.839. The molecule has 0 amide bonds. The van der Waals surface area contributed by atoms with Gasteiger partial charge in [0.05, 0.1) is 11.8 Å². The molecule has 26 heavy (non-hydrogen) atoms. The second-order valence-corrected chi connectivity index (χ2v) is 8.65. The van der Waals surface area contributed by atoms with Gasteiger partial charge in [-0.25, -0.2) is 0 Å². The first-order chi connectivity index (χ1) is 12.7. The van der Waals surface area contributed by atoms with Gasteiger partial charge in [0.25, 0.3) is 0 Å². The number of benzene rings is 1. The second kappa shape index (κ2) is 7.53. The van der Waals surface area contributed by atoms with Crippen LogP contribution in [0.4, 0.5) is 0 Å². The third kappa shape index (κ3) is 3.32. The van der Waals surface area contributed by atoms with Crippen LogP contribution in [0, 0.1) is 22.8 Å². The van der Waals surface area contributed by atoms with Gasteiger partial charge in [-0.2, -0.15) is 10.3 Å². The fourth-order valence-corrected chi connectivity index (χ4v) is 5.61. The van der Waals surface area contributed by atoms with Crippen molar-refractivity contribution in [3.63, 3.8) is 0 Å². The summed E-state index contributed by atoms with van der Waals surface area (Å²) in [5.41, 5.74) is 5.22. The number of rotatable bonds is 3. The topological polar surface area (TPSA) is 45.4 Å². The van der Waals surface area contributed by atoms with E-state index in [0.717, 1.165) is 43.7 Å². The van der Waals surface area contributed by atoms with E-state index in [1.807, 2.05) is 7.11 Å². The van der Waals surface area contributed by atoms with Crippen molar-refractivity contribution in [1.29, 1.82) is 5.26 Å². The lowest BCUT2D eigenvalue weighted by Gasteiger charge is -2.36. The Morgan fingerprint density at radius 3 is 2.62 bits per heavy atom. The molecule has 2 saturated carbocycles. The highest BCUT2D eigenvalue weighted by atomic mass is 16.5. The molecular formula is C23H30N2O. The van der Waals surface area contributed by atoms with Crippen LogP contribution in [0.25, 0.3) is 0 Å². The van der Waals surface area contributed by atoms with Crippen LogP contribution in [0.2, 0.25) is 0 Å². The smallest absolute Gasteiger partial charge is 0.205 e. The van der Waals surface area contributed by atoms with Crippen LogP contribution in [0.15, 0.2) is 23.2 Å². The lowest BCUT2D eigenvalue weighted by Crippen LogP contribution is -2.35. The van der Waals surface area contributed by atoms with Crippen LogP contribution in [0.1, 0.15) is 74.5 Å². The summed E-state index contributed by atoms with van der Waals surface area (Å²) >= 11 is 0. The molecule has 3 heteroatoms. The third-order valence-electron chi connectivity index (χ3n) is 7.09. The summed E-state index contributed by atoms with van der Waals surface area (Å²) in [4.78, 5) is 4.36. The van der Waals surface area contributed by atoms with Crippen molar-refractivity contribution < 1.29 is 4.74 Å². The van der Waals surface area contributed by atoms with Gasteiger partial charge >= 0.3 is 0 Å². The van der Waals surface area contributed by atoms with E-state index in [4.69, 9.17) is 4.74 Å². The number of hydrogen-bond acceptors (Lipinski definition) is 3. The van der Waals surface area contributed by atoms with E-state index >= 15 is 0 Å². The molecule has 0 heterocycles. The molecule has 0 aromatic heterocycles. The van der Waals surface area contributed by atoms with Crippen LogP contribution in [0.5, 0.6) is 0 Å². The minimum Gasteiger partial charge on any atom is -0.381 e. The normalized spacial score (nSPS) is 30.5. The largest absolute Gasteiger partial charge is 0.381 e. The zero-order valence-electron chi connectivity index (χ0n) is 16.0. The van der Waals surface area contributed by atoms with Gasteiger partial charge in [0, 0.05) is 18.1 Å². The van der Waals surface area contributed by atoms with Crippen molar-refractivity contribution in [3.05, 3.63) is 34.9 Å². The zero-order valence-corrected chi connectivity index (χ0v) is 16.0. The first kappa shape index (κ1) is 17.7. The van der Waals surface area contributed by atoms with Crippen LogP contribution < -0.4 is 0 Å². The monoisotopic (exact) mass is 350 g/mol. The summed E-state index contributed by atoms with van der Waals surface area (Å²) in [5, 5.41) is 9.33. The van der Waals surface area contributed by atoms with Crippen LogP contribution in [-0.4, -0.2) is 18.9 Å². The fraction of sp³-hybridized carbons (Fsp3) is 0.652. The quantitative estimate of drug-likeness (QED) is 0.702. The zero-order chi connectivity index (χ0) is 18.0. The van der Waals surface area contributed by atoms with Crippen molar-refractivity contribution in [2.45, 2.75) is 76.7 Å². The Kier molecular flexibility index (Phi) is 5.14. The van der Waals surface area contributed by atoms with Gasteiger partial charge < -0.3 is 4.74 Å². The van der Waals surface area contributed by atoms with E-state index in [1.165, 1.54) is 55.2 Å². The Labute approximate surface area is 157 Å². The summed E-state index contributed by atoms with van der Waals surface area (Å²) in [7, 11) is 1.81. The van der Waals surface area contributed by atoms with E-state index < -0.39 is 0 Å². The van der Waals surface area contributed by atoms with Crippen molar-refractivity contribution in [2.24, 2.45) is 16.3 Å². The molecule has 0 radical (unpaired) electrons. The Hall–Kier alpha value is -1.66. The fourth-order valence-electron chi connectivity index (χ4n) is 5.61. The molecular weight excluding hydrogens is 320 g/mol. The molecule has 0 saturated heterocycles. The molecule has 1 aromatic rings. The van der Waals surface area contributed by atoms with Crippen LogP contribution in [-0.2, 0) is 17.6 Å². The number of nitrogens with zero attached hydrogens (tertiary/aromatic N) is 2.